The van der Waals surface area contributed by atoms with Crippen LogP contribution in [0.25, 0.3) is 0 Å². The Balaban J connectivity index is 1.81. The molecule has 4 heteroatoms. The zero-order valence-electron chi connectivity index (χ0n) is 10.5. The summed E-state index contributed by atoms with van der Waals surface area (Å²) in [5.41, 5.74) is 1.10. The van der Waals surface area contributed by atoms with Crippen LogP contribution in [0, 0.1) is 6.92 Å². The van der Waals surface area contributed by atoms with Crippen molar-refractivity contribution in [1.29, 1.82) is 0 Å². The molecule has 1 saturated heterocycles. The monoisotopic (exact) mass is 267 g/mol. The third-order valence-electron chi connectivity index (χ3n) is 3.14. The van der Waals surface area contributed by atoms with Gasteiger partial charge in [-0.1, -0.05) is 17.7 Å². The molecular weight excluding hydrogens is 250 g/mol. The molecule has 1 unspecified atom stereocenters. The van der Waals surface area contributed by atoms with Gasteiger partial charge in [0.2, 0.25) is 0 Å². The molecule has 2 rings (SSSR count). The molecule has 0 aromatic heterocycles. The molecule has 0 spiro atoms. The van der Waals surface area contributed by atoms with Crippen molar-refractivity contribution in [3.8, 4) is 5.75 Å². The van der Waals surface area contributed by atoms with Gasteiger partial charge in [-0.25, -0.2) is 0 Å². The van der Waals surface area contributed by atoms with Crippen LogP contribution in [-0.4, -0.2) is 25.0 Å². The van der Waals surface area contributed by atoms with E-state index >= 15 is 0 Å². The second-order valence-corrected chi connectivity index (χ2v) is 5.05. The highest BCUT2D eigenvalue weighted by Crippen LogP contribution is 2.25. The van der Waals surface area contributed by atoms with Crippen LogP contribution in [0.5, 0.6) is 5.75 Å². The number of hydrogen-bond acceptors (Lipinski definition) is 3. The molecule has 3 nitrogen and oxygen atoms in total. The number of halogens is 1. The summed E-state index contributed by atoms with van der Waals surface area (Å²) in [7, 11) is 0. The molecule has 0 amide bonds. The average molecular weight is 268 g/mol. The fourth-order valence-corrected chi connectivity index (χ4v) is 2.29. The molecule has 1 N–H and O–H groups in total. The first-order valence-electron chi connectivity index (χ1n) is 6.32. The number of carbonyl (C=O) groups is 1. The molecule has 0 aliphatic carbocycles. The quantitative estimate of drug-likeness (QED) is 0.892. The van der Waals surface area contributed by atoms with Gasteiger partial charge in [-0.2, -0.15) is 0 Å². The van der Waals surface area contributed by atoms with Gasteiger partial charge in [0.15, 0.2) is 5.78 Å². The number of benzene rings is 1. The van der Waals surface area contributed by atoms with Crippen LogP contribution in [0.1, 0.15) is 24.8 Å². The van der Waals surface area contributed by atoms with Gasteiger partial charge < -0.3 is 10.1 Å². The largest absolute Gasteiger partial charge is 0.492 e. The lowest BCUT2D eigenvalue weighted by Crippen LogP contribution is -2.31. The molecule has 1 aromatic carbocycles. The summed E-state index contributed by atoms with van der Waals surface area (Å²) in [6.45, 7) is 3.32. The number of rotatable bonds is 5. The van der Waals surface area contributed by atoms with Crippen molar-refractivity contribution in [2.75, 3.05) is 13.2 Å². The minimum Gasteiger partial charge on any atom is -0.492 e. The topological polar surface area (TPSA) is 38.3 Å². The molecule has 1 fully saturated rings. The lowest BCUT2D eigenvalue weighted by Gasteiger charge is -2.11. The Morgan fingerprint density at radius 2 is 2.39 bits per heavy atom. The molecular formula is C14H18ClNO2. The number of Topliss-reactive ketones (excluding diaryl/α,β-unsaturated/α-hetero) is 1. The van der Waals surface area contributed by atoms with Gasteiger partial charge >= 0.3 is 0 Å². The van der Waals surface area contributed by atoms with Gasteiger partial charge in [-0.05, 0) is 44.0 Å². The molecule has 18 heavy (non-hydrogen) atoms. The minimum absolute atomic E-state index is 0.0292. The van der Waals surface area contributed by atoms with E-state index in [1.807, 2.05) is 25.1 Å². The Hall–Kier alpha value is -1.06. The van der Waals surface area contributed by atoms with Gasteiger partial charge in [0, 0.05) is 6.42 Å². The van der Waals surface area contributed by atoms with Gasteiger partial charge in [0.25, 0.3) is 0 Å². The van der Waals surface area contributed by atoms with Crippen molar-refractivity contribution < 1.29 is 9.53 Å². The standard InChI is InChI=1S/C14H18ClNO2/c1-10-4-5-11(15)14(9-10)18-8-6-13(17)12-3-2-7-16-12/h4-5,9,12,16H,2-3,6-8H2,1H3. The summed E-state index contributed by atoms with van der Waals surface area (Å²) >= 11 is 6.02. The molecule has 98 valence electrons. The van der Waals surface area contributed by atoms with Crippen LogP contribution in [-0.2, 0) is 4.79 Å². The lowest BCUT2D eigenvalue weighted by atomic mass is 10.1. The Kier molecular flexibility index (Phi) is 4.61. The summed E-state index contributed by atoms with van der Waals surface area (Å²) in [6, 6.07) is 5.66. The number of carbonyl (C=O) groups excluding carboxylic acids is 1. The number of aryl methyl sites for hydroxylation is 1. The Morgan fingerprint density at radius 1 is 1.56 bits per heavy atom. The minimum atomic E-state index is 0.0292. The first kappa shape index (κ1) is 13.4. The second-order valence-electron chi connectivity index (χ2n) is 4.65. The van der Waals surface area contributed by atoms with Crippen LogP contribution in [0.2, 0.25) is 5.02 Å². The smallest absolute Gasteiger partial charge is 0.153 e. The third kappa shape index (κ3) is 3.47. The fraction of sp³-hybridized carbons (Fsp3) is 0.500. The van der Waals surface area contributed by atoms with E-state index < -0.39 is 0 Å². The van der Waals surface area contributed by atoms with E-state index in [-0.39, 0.29) is 11.8 Å². The summed E-state index contributed by atoms with van der Waals surface area (Å²) in [4.78, 5) is 11.8. The molecule has 1 atom stereocenters. The van der Waals surface area contributed by atoms with Crippen LogP contribution < -0.4 is 10.1 Å². The third-order valence-corrected chi connectivity index (χ3v) is 3.45. The fourth-order valence-electron chi connectivity index (χ4n) is 2.12. The van der Waals surface area contributed by atoms with Crippen LogP contribution >= 0.6 is 11.6 Å². The van der Waals surface area contributed by atoms with E-state index in [2.05, 4.69) is 5.32 Å². The second kappa shape index (κ2) is 6.21. The van der Waals surface area contributed by atoms with E-state index in [0.29, 0.717) is 23.8 Å². The molecule has 1 aromatic rings. The normalized spacial score (nSPS) is 18.9. The van der Waals surface area contributed by atoms with Gasteiger partial charge in [-0.15, -0.1) is 0 Å². The maximum absolute atomic E-state index is 11.8. The Labute approximate surface area is 112 Å². The highest BCUT2D eigenvalue weighted by atomic mass is 35.5. The molecule has 0 bridgehead atoms. The predicted octanol–water partition coefficient (Wildman–Crippen LogP) is 2.74. The van der Waals surface area contributed by atoms with E-state index in [4.69, 9.17) is 16.3 Å². The van der Waals surface area contributed by atoms with Crippen LogP contribution in [0.3, 0.4) is 0 Å². The molecule has 1 aliphatic rings. The van der Waals surface area contributed by atoms with Crippen LogP contribution in [0.15, 0.2) is 18.2 Å². The van der Waals surface area contributed by atoms with Gasteiger partial charge in [-0.3, -0.25) is 4.79 Å². The number of ketones is 1. The van der Waals surface area contributed by atoms with E-state index in [9.17, 15) is 4.79 Å². The first-order chi connectivity index (χ1) is 8.66. The molecule has 0 radical (unpaired) electrons. The van der Waals surface area contributed by atoms with Crippen molar-refractivity contribution in [2.24, 2.45) is 0 Å². The Bertz CT molecular complexity index is 428. The van der Waals surface area contributed by atoms with Crippen molar-refractivity contribution in [1.82, 2.24) is 5.32 Å². The maximum atomic E-state index is 11.8. The molecule has 1 heterocycles. The van der Waals surface area contributed by atoms with Gasteiger partial charge in [0.1, 0.15) is 5.75 Å². The SMILES string of the molecule is Cc1ccc(Cl)c(OCCC(=O)C2CCCN2)c1. The number of hydrogen-bond donors (Lipinski definition) is 1. The Morgan fingerprint density at radius 3 is 3.11 bits per heavy atom. The highest BCUT2D eigenvalue weighted by molar-refractivity contribution is 6.32. The maximum Gasteiger partial charge on any atom is 0.153 e. The van der Waals surface area contributed by atoms with Crippen LogP contribution in [0.4, 0.5) is 0 Å². The average Bonchev–Trinajstić information content (AvgIpc) is 2.87. The van der Waals surface area contributed by atoms with Crippen molar-refractivity contribution in [3.05, 3.63) is 28.8 Å². The van der Waals surface area contributed by atoms with Crippen molar-refractivity contribution in [2.45, 2.75) is 32.2 Å². The zero-order valence-corrected chi connectivity index (χ0v) is 11.3. The zero-order chi connectivity index (χ0) is 13.0. The first-order valence-corrected chi connectivity index (χ1v) is 6.69. The summed E-state index contributed by atoms with van der Waals surface area (Å²) in [6.07, 6.45) is 2.47. The molecule has 0 saturated carbocycles. The van der Waals surface area contributed by atoms with Gasteiger partial charge in [0.05, 0.1) is 17.7 Å². The summed E-state index contributed by atoms with van der Waals surface area (Å²) < 4.78 is 5.57. The van der Waals surface area contributed by atoms with E-state index in [1.165, 1.54) is 0 Å². The van der Waals surface area contributed by atoms with E-state index in [1.54, 1.807) is 0 Å². The highest BCUT2D eigenvalue weighted by Gasteiger charge is 2.21. The summed E-state index contributed by atoms with van der Waals surface area (Å²) in [5, 5.41) is 3.78. The van der Waals surface area contributed by atoms with Crippen molar-refractivity contribution in [3.63, 3.8) is 0 Å². The summed E-state index contributed by atoms with van der Waals surface area (Å²) in [5.74, 6) is 0.889. The van der Waals surface area contributed by atoms with E-state index in [0.717, 1.165) is 24.9 Å². The number of ether oxygens (including phenoxy) is 1. The lowest BCUT2D eigenvalue weighted by molar-refractivity contribution is -0.121. The number of nitrogens with one attached hydrogen (secondary N) is 1. The molecule has 1 aliphatic heterocycles. The predicted molar refractivity (Wildman–Crippen MR) is 72.3 cm³/mol. The van der Waals surface area contributed by atoms with Crippen molar-refractivity contribution >= 4 is 17.4 Å².